The Bertz CT molecular complexity index is 671. The Morgan fingerprint density at radius 1 is 1.33 bits per heavy atom. The molecule has 5 heteroatoms. The molecular weight excluding hydrogens is 262 g/mol. The number of aryl methyl sites for hydroxylation is 2. The van der Waals surface area contributed by atoms with Crippen molar-refractivity contribution >= 4 is 16.9 Å². The number of hydrogen-bond donors (Lipinski definition) is 2. The molecule has 1 aliphatic rings. The number of rotatable bonds is 3. The molecule has 4 N–H and O–H groups in total. The summed E-state index contributed by atoms with van der Waals surface area (Å²) in [5, 5.41) is 0. The van der Waals surface area contributed by atoms with E-state index < -0.39 is 0 Å². The fourth-order valence-electron chi connectivity index (χ4n) is 3.56. The lowest BCUT2D eigenvalue weighted by Crippen LogP contribution is -2.20. The van der Waals surface area contributed by atoms with Crippen molar-refractivity contribution in [3.8, 4) is 0 Å². The third-order valence-corrected chi connectivity index (χ3v) is 4.63. The average molecular weight is 287 g/mol. The average Bonchev–Trinajstić information content (AvgIpc) is 2.77. The van der Waals surface area contributed by atoms with Crippen molar-refractivity contribution in [2.45, 2.75) is 58.8 Å². The largest absolute Gasteiger partial charge is 0.382 e. The number of fused-ring (bicyclic) bond motifs is 3. The van der Waals surface area contributed by atoms with Crippen molar-refractivity contribution in [1.82, 2.24) is 14.6 Å². The molecule has 2 heterocycles. The van der Waals surface area contributed by atoms with Crippen LogP contribution in [0.5, 0.6) is 0 Å². The SMILES string of the molecule is CCCc1nc2c(N)nc3c(c2n1N)CCCC3C(C)C. The number of anilines is 1. The van der Waals surface area contributed by atoms with Crippen LogP contribution in [0.2, 0.25) is 0 Å². The summed E-state index contributed by atoms with van der Waals surface area (Å²) >= 11 is 0. The molecule has 0 saturated carbocycles. The van der Waals surface area contributed by atoms with Crippen molar-refractivity contribution in [1.29, 1.82) is 0 Å². The first kappa shape index (κ1) is 14.2. The van der Waals surface area contributed by atoms with Gasteiger partial charge in [0, 0.05) is 17.9 Å². The minimum absolute atomic E-state index is 0.477. The van der Waals surface area contributed by atoms with Crippen LogP contribution in [0.25, 0.3) is 11.0 Å². The van der Waals surface area contributed by atoms with Crippen LogP contribution in [0.4, 0.5) is 5.82 Å². The minimum Gasteiger partial charge on any atom is -0.382 e. The maximum absolute atomic E-state index is 6.31. The van der Waals surface area contributed by atoms with Crippen molar-refractivity contribution in [2.75, 3.05) is 11.6 Å². The van der Waals surface area contributed by atoms with Gasteiger partial charge in [-0.05, 0) is 31.6 Å². The molecule has 0 saturated heterocycles. The zero-order valence-electron chi connectivity index (χ0n) is 13.2. The summed E-state index contributed by atoms with van der Waals surface area (Å²) in [5.41, 5.74) is 10.4. The lowest BCUT2D eigenvalue weighted by molar-refractivity contribution is 0.425. The molecule has 0 bridgehead atoms. The molecule has 114 valence electrons. The van der Waals surface area contributed by atoms with E-state index in [2.05, 4.69) is 25.8 Å². The van der Waals surface area contributed by atoms with Crippen LogP contribution in [0.3, 0.4) is 0 Å². The van der Waals surface area contributed by atoms with E-state index in [0.717, 1.165) is 41.8 Å². The molecule has 0 spiro atoms. The van der Waals surface area contributed by atoms with Gasteiger partial charge in [-0.3, -0.25) is 0 Å². The van der Waals surface area contributed by atoms with Gasteiger partial charge in [0.25, 0.3) is 0 Å². The van der Waals surface area contributed by atoms with Gasteiger partial charge in [-0.25, -0.2) is 14.6 Å². The standard InChI is InChI=1S/C16H25N5/c1-4-6-12-19-14-15(21(12)18)11-8-5-7-10(9(2)3)13(11)20-16(14)17/h9-10H,4-8,18H2,1-3H3,(H2,17,20). The Balaban J connectivity index is 2.27. The number of nitrogens with two attached hydrogens (primary N) is 2. The van der Waals surface area contributed by atoms with E-state index in [1.54, 1.807) is 4.68 Å². The van der Waals surface area contributed by atoms with Crippen molar-refractivity contribution in [3.05, 3.63) is 17.1 Å². The van der Waals surface area contributed by atoms with Gasteiger partial charge in [0.05, 0.1) is 11.2 Å². The predicted molar refractivity (Wildman–Crippen MR) is 86.6 cm³/mol. The zero-order valence-corrected chi connectivity index (χ0v) is 13.2. The van der Waals surface area contributed by atoms with Crippen LogP contribution in [0.1, 0.15) is 63.0 Å². The Kier molecular flexibility index (Phi) is 3.51. The van der Waals surface area contributed by atoms with Crippen LogP contribution in [0, 0.1) is 5.92 Å². The maximum atomic E-state index is 6.31. The van der Waals surface area contributed by atoms with Crippen molar-refractivity contribution in [2.24, 2.45) is 5.92 Å². The van der Waals surface area contributed by atoms with E-state index in [4.69, 9.17) is 16.6 Å². The molecular formula is C16H25N5. The first-order valence-corrected chi connectivity index (χ1v) is 7.99. The number of pyridine rings is 1. The summed E-state index contributed by atoms with van der Waals surface area (Å²) in [6.07, 6.45) is 5.28. The highest BCUT2D eigenvalue weighted by Crippen LogP contribution is 2.39. The zero-order chi connectivity index (χ0) is 15.1. The van der Waals surface area contributed by atoms with E-state index in [9.17, 15) is 0 Å². The van der Waals surface area contributed by atoms with Crippen LogP contribution in [0.15, 0.2) is 0 Å². The predicted octanol–water partition coefficient (Wildman–Crippen LogP) is 2.76. The van der Waals surface area contributed by atoms with Gasteiger partial charge in [-0.15, -0.1) is 0 Å². The number of aromatic nitrogens is 3. The number of nitrogen functional groups attached to an aromatic ring is 2. The van der Waals surface area contributed by atoms with E-state index in [-0.39, 0.29) is 0 Å². The number of hydrogen-bond acceptors (Lipinski definition) is 4. The van der Waals surface area contributed by atoms with Crippen LogP contribution < -0.4 is 11.6 Å². The maximum Gasteiger partial charge on any atom is 0.152 e. The third-order valence-electron chi connectivity index (χ3n) is 4.63. The molecule has 3 rings (SSSR count). The van der Waals surface area contributed by atoms with Gasteiger partial charge in [0.2, 0.25) is 0 Å². The molecule has 0 aromatic carbocycles. The molecule has 1 aliphatic carbocycles. The fraction of sp³-hybridized carbons (Fsp3) is 0.625. The first-order valence-electron chi connectivity index (χ1n) is 7.99. The molecule has 0 fully saturated rings. The first-order chi connectivity index (χ1) is 10.0. The van der Waals surface area contributed by atoms with E-state index in [1.807, 2.05) is 0 Å². The second-order valence-corrected chi connectivity index (χ2v) is 6.45. The van der Waals surface area contributed by atoms with Crippen LogP contribution in [-0.2, 0) is 12.8 Å². The minimum atomic E-state index is 0.477. The highest BCUT2D eigenvalue weighted by molar-refractivity contribution is 5.89. The van der Waals surface area contributed by atoms with E-state index >= 15 is 0 Å². The van der Waals surface area contributed by atoms with Crippen LogP contribution in [-0.4, -0.2) is 14.6 Å². The highest BCUT2D eigenvalue weighted by atomic mass is 15.3. The lowest BCUT2D eigenvalue weighted by atomic mass is 9.79. The van der Waals surface area contributed by atoms with E-state index in [0.29, 0.717) is 17.7 Å². The lowest BCUT2D eigenvalue weighted by Gasteiger charge is -2.28. The smallest absolute Gasteiger partial charge is 0.152 e. The van der Waals surface area contributed by atoms with Gasteiger partial charge in [0.15, 0.2) is 5.82 Å². The fourth-order valence-corrected chi connectivity index (χ4v) is 3.56. The number of imidazole rings is 1. The molecule has 0 aliphatic heterocycles. The van der Waals surface area contributed by atoms with Crippen molar-refractivity contribution < 1.29 is 0 Å². The molecule has 1 atom stereocenters. The normalized spacial score (nSPS) is 18.4. The van der Waals surface area contributed by atoms with Gasteiger partial charge < -0.3 is 11.6 Å². The molecule has 1 unspecified atom stereocenters. The van der Waals surface area contributed by atoms with Gasteiger partial charge in [0.1, 0.15) is 11.3 Å². The van der Waals surface area contributed by atoms with Gasteiger partial charge in [-0.2, -0.15) is 0 Å². The summed E-state index contributed by atoms with van der Waals surface area (Å²) < 4.78 is 1.75. The molecule has 5 nitrogen and oxygen atoms in total. The monoisotopic (exact) mass is 287 g/mol. The Hall–Kier alpha value is -1.78. The topological polar surface area (TPSA) is 82.8 Å². The quantitative estimate of drug-likeness (QED) is 0.850. The molecule has 2 aromatic heterocycles. The summed E-state index contributed by atoms with van der Waals surface area (Å²) in [6, 6.07) is 0. The molecule has 0 radical (unpaired) electrons. The Labute approximate surface area is 125 Å². The second-order valence-electron chi connectivity index (χ2n) is 6.45. The van der Waals surface area contributed by atoms with Crippen LogP contribution >= 0.6 is 0 Å². The Morgan fingerprint density at radius 3 is 2.76 bits per heavy atom. The van der Waals surface area contributed by atoms with E-state index in [1.165, 1.54) is 18.4 Å². The van der Waals surface area contributed by atoms with Gasteiger partial charge in [-0.1, -0.05) is 20.8 Å². The summed E-state index contributed by atoms with van der Waals surface area (Å²) in [4.78, 5) is 9.34. The highest BCUT2D eigenvalue weighted by Gasteiger charge is 2.29. The third kappa shape index (κ3) is 2.15. The summed E-state index contributed by atoms with van der Waals surface area (Å²) in [5.74, 6) is 8.78. The molecule has 0 amide bonds. The molecule has 2 aromatic rings. The number of nitrogens with zero attached hydrogens (tertiary/aromatic N) is 3. The summed E-state index contributed by atoms with van der Waals surface area (Å²) in [7, 11) is 0. The summed E-state index contributed by atoms with van der Waals surface area (Å²) in [6.45, 7) is 6.64. The second kappa shape index (κ2) is 5.20. The Morgan fingerprint density at radius 2 is 2.10 bits per heavy atom. The van der Waals surface area contributed by atoms with Gasteiger partial charge >= 0.3 is 0 Å². The van der Waals surface area contributed by atoms with Crippen molar-refractivity contribution in [3.63, 3.8) is 0 Å². The molecule has 21 heavy (non-hydrogen) atoms.